The predicted molar refractivity (Wildman–Crippen MR) is 85.6 cm³/mol. The Labute approximate surface area is 126 Å². The summed E-state index contributed by atoms with van der Waals surface area (Å²) in [6, 6.07) is 0. The summed E-state index contributed by atoms with van der Waals surface area (Å²) in [5.74, 6) is 0.0965. The highest BCUT2D eigenvalue weighted by atomic mass is 32.2. The molecule has 0 saturated heterocycles. The van der Waals surface area contributed by atoms with Gasteiger partial charge in [-0.25, -0.2) is 0 Å². The van der Waals surface area contributed by atoms with Crippen molar-refractivity contribution in [2.75, 3.05) is 13.1 Å². The number of fused-ring (bicyclic) bond motifs is 1. The average Bonchev–Trinajstić information content (AvgIpc) is 2.77. The van der Waals surface area contributed by atoms with Crippen molar-refractivity contribution in [1.82, 2.24) is 10.2 Å². The molecule has 0 unspecified atom stereocenters. The minimum Gasteiger partial charge on any atom is -0.351 e. The molecule has 2 aliphatic heterocycles. The molecule has 0 radical (unpaired) electrons. The lowest BCUT2D eigenvalue weighted by Crippen LogP contribution is -2.46. The number of hydrogen-bond donors (Lipinski definition) is 1. The Morgan fingerprint density at radius 3 is 2.75 bits per heavy atom. The number of aliphatic imine (C=N–C) groups is 1. The van der Waals surface area contributed by atoms with Crippen LogP contribution < -0.4 is 5.32 Å². The van der Waals surface area contributed by atoms with Crippen molar-refractivity contribution in [2.45, 2.75) is 53.0 Å². The molecule has 0 spiro atoms. The van der Waals surface area contributed by atoms with Gasteiger partial charge in [0.2, 0.25) is 5.91 Å². The van der Waals surface area contributed by atoms with Gasteiger partial charge < -0.3 is 10.2 Å². The van der Waals surface area contributed by atoms with Crippen LogP contribution in [0.3, 0.4) is 0 Å². The first-order valence-corrected chi connectivity index (χ1v) is 8.03. The molecule has 1 N–H and O–H groups in total. The molecule has 4 nitrogen and oxygen atoms in total. The molecule has 0 aromatic heterocycles. The number of amides is 1. The summed E-state index contributed by atoms with van der Waals surface area (Å²) in [6.07, 6.45) is 1.40. The predicted octanol–water partition coefficient (Wildman–Crippen LogP) is 2.97. The molecule has 2 rings (SSSR count). The lowest BCUT2D eigenvalue weighted by Gasteiger charge is -2.33. The molecular formula is C15H25N3OS. The van der Waals surface area contributed by atoms with Crippen molar-refractivity contribution in [1.29, 1.82) is 0 Å². The van der Waals surface area contributed by atoms with Crippen molar-refractivity contribution in [2.24, 2.45) is 10.4 Å². The van der Waals surface area contributed by atoms with E-state index >= 15 is 0 Å². The molecule has 20 heavy (non-hydrogen) atoms. The van der Waals surface area contributed by atoms with E-state index in [0.717, 1.165) is 30.4 Å². The maximum absolute atomic E-state index is 12.3. The maximum atomic E-state index is 12.3. The summed E-state index contributed by atoms with van der Waals surface area (Å²) in [7, 11) is 0. The van der Waals surface area contributed by atoms with Crippen LogP contribution in [0.25, 0.3) is 0 Å². The van der Waals surface area contributed by atoms with Crippen molar-refractivity contribution >= 4 is 22.8 Å². The van der Waals surface area contributed by atoms with Gasteiger partial charge in [0.15, 0.2) is 5.17 Å². The second kappa shape index (κ2) is 5.43. The fraction of sp³-hybridized carbons (Fsp3) is 0.733. The molecule has 0 aromatic rings. The smallest absolute Gasteiger partial charge is 0.226 e. The average molecular weight is 295 g/mol. The fourth-order valence-corrected chi connectivity index (χ4v) is 4.03. The number of thioether (sulfide) groups is 1. The van der Waals surface area contributed by atoms with Crippen LogP contribution in [0, 0.1) is 5.41 Å². The zero-order valence-corrected chi connectivity index (χ0v) is 13.9. The number of amidine groups is 1. The number of carbonyl (C=O) groups excluding carboxylic acids is 1. The second-order valence-electron chi connectivity index (χ2n) is 7.39. The van der Waals surface area contributed by atoms with Crippen LogP contribution in [0.2, 0.25) is 0 Å². The molecular weight excluding hydrogens is 270 g/mol. The standard InChI is InChI=1S/C15H25N3OS/c1-14(2,3)10-15(4,5)17-12(19)8-11-9-20-13-16-6-7-18(11)13/h9H,6-8,10H2,1-5H3,(H,17,19). The monoisotopic (exact) mass is 295 g/mol. The Morgan fingerprint density at radius 2 is 2.10 bits per heavy atom. The van der Waals surface area contributed by atoms with Crippen molar-refractivity contribution < 1.29 is 4.79 Å². The first-order chi connectivity index (χ1) is 9.16. The molecule has 0 aliphatic carbocycles. The van der Waals surface area contributed by atoms with E-state index < -0.39 is 0 Å². The zero-order chi connectivity index (χ0) is 15.0. The molecule has 2 aliphatic rings. The van der Waals surface area contributed by atoms with E-state index in [2.05, 4.69) is 49.8 Å². The highest BCUT2D eigenvalue weighted by molar-refractivity contribution is 8.16. The lowest BCUT2D eigenvalue weighted by molar-refractivity contribution is -0.122. The van der Waals surface area contributed by atoms with E-state index in [1.54, 1.807) is 11.8 Å². The molecule has 0 saturated carbocycles. The quantitative estimate of drug-likeness (QED) is 0.867. The fourth-order valence-electron chi connectivity index (χ4n) is 3.07. The third-order valence-electron chi connectivity index (χ3n) is 3.24. The number of carbonyl (C=O) groups is 1. The van der Waals surface area contributed by atoms with Crippen LogP contribution >= 0.6 is 11.8 Å². The first kappa shape index (κ1) is 15.4. The zero-order valence-electron chi connectivity index (χ0n) is 13.1. The van der Waals surface area contributed by atoms with Gasteiger partial charge in [-0.05, 0) is 31.1 Å². The molecule has 5 heteroatoms. The van der Waals surface area contributed by atoms with Gasteiger partial charge in [0.05, 0.1) is 13.0 Å². The highest BCUT2D eigenvalue weighted by Crippen LogP contribution is 2.31. The summed E-state index contributed by atoms with van der Waals surface area (Å²) in [4.78, 5) is 18.8. The van der Waals surface area contributed by atoms with Gasteiger partial charge in [0, 0.05) is 17.8 Å². The second-order valence-corrected chi connectivity index (χ2v) is 8.23. The van der Waals surface area contributed by atoms with Gasteiger partial charge in [-0.2, -0.15) is 0 Å². The van der Waals surface area contributed by atoms with Crippen molar-refractivity contribution in [3.05, 3.63) is 11.1 Å². The van der Waals surface area contributed by atoms with Crippen LogP contribution in [0.15, 0.2) is 16.1 Å². The molecule has 1 amide bonds. The molecule has 0 fully saturated rings. The highest BCUT2D eigenvalue weighted by Gasteiger charge is 2.30. The summed E-state index contributed by atoms with van der Waals surface area (Å²) in [5, 5.41) is 6.26. The van der Waals surface area contributed by atoms with Gasteiger partial charge in [-0.15, -0.1) is 0 Å². The van der Waals surface area contributed by atoms with Crippen LogP contribution in [-0.4, -0.2) is 34.6 Å². The van der Waals surface area contributed by atoms with E-state index in [9.17, 15) is 4.79 Å². The summed E-state index contributed by atoms with van der Waals surface area (Å²) >= 11 is 1.62. The Balaban J connectivity index is 1.88. The van der Waals surface area contributed by atoms with E-state index in [0.29, 0.717) is 6.42 Å². The molecule has 112 valence electrons. The third-order valence-corrected chi connectivity index (χ3v) is 4.19. The summed E-state index contributed by atoms with van der Waals surface area (Å²) in [6.45, 7) is 12.5. The SMILES string of the molecule is CC(C)(C)CC(C)(C)NC(=O)CC1=CSC2=NCCN12. The Kier molecular flexibility index (Phi) is 4.19. The number of hydrogen-bond acceptors (Lipinski definition) is 4. The Morgan fingerprint density at radius 1 is 1.40 bits per heavy atom. The van der Waals surface area contributed by atoms with Gasteiger partial charge in [-0.1, -0.05) is 32.5 Å². The van der Waals surface area contributed by atoms with Gasteiger partial charge in [0.25, 0.3) is 0 Å². The minimum atomic E-state index is -0.177. The largest absolute Gasteiger partial charge is 0.351 e. The van der Waals surface area contributed by atoms with E-state index in [4.69, 9.17) is 0 Å². The summed E-state index contributed by atoms with van der Waals surface area (Å²) < 4.78 is 0. The number of rotatable bonds is 4. The maximum Gasteiger partial charge on any atom is 0.226 e. The third kappa shape index (κ3) is 4.01. The molecule has 0 bridgehead atoms. The molecule has 2 heterocycles. The molecule has 0 aromatic carbocycles. The molecule has 0 atom stereocenters. The van der Waals surface area contributed by atoms with E-state index in [1.807, 2.05) is 5.41 Å². The van der Waals surface area contributed by atoms with Crippen LogP contribution in [0.5, 0.6) is 0 Å². The van der Waals surface area contributed by atoms with Crippen LogP contribution in [0.4, 0.5) is 0 Å². The van der Waals surface area contributed by atoms with Crippen LogP contribution in [-0.2, 0) is 4.79 Å². The van der Waals surface area contributed by atoms with Crippen LogP contribution in [0.1, 0.15) is 47.5 Å². The van der Waals surface area contributed by atoms with Gasteiger partial charge in [-0.3, -0.25) is 9.79 Å². The Hall–Kier alpha value is -0.970. The van der Waals surface area contributed by atoms with Gasteiger partial charge >= 0.3 is 0 Å². The van der Waals surface area contributed by atoms with Gasteiger partial charge in [0.1, 0.15) is 0 Å². The first-order valence-electron chi connectivity index (χ1n) is 7.15. The number of nitrogens with one attached hydrogen (secondary N) is 1. The minimum absolute atomic E-state index is 0.0965. The van der Waals surface area contributed by atoms with Crippen molar-refractivity contribution in [3.8, 4) is 0 Å². The van der Waals surface area contributed by atoms with E-state index in [1.165, 1.54) is 0 Å². The number of nitrogens with zero attached hydrogens (tertiary/aromatic N) is 2. The van der Waals surface area contributed by atoms with Crippen molar-refractivity contribution in [3.63, 3.8) is 0 Å². The topological polar surface area (TPSA) is 44.7 Å². The normalized spacial score (nSPS) is 18.8. The Bertz CT molecular complexity index is 460. The lowest BCUT2D eigenvalue weighted by atomic mass is 9.82. The van der Waals surface area contributed by atoms with E-state index in [-0.39, 0.29) is 16.9 Å². The summed E-state index contributed by atoms with van der Waals surface area (Å²) in [5.41, 5.74) is 1.10.